The minimum Gasteiger partial charge on any atom is -0.444 e. The number of carbonyl (C=O) groups is 2. The zero-order valence-corrected chi connectivity index (χ0v) is 12.5. The maximum absolute atomic E-state index is 13.9. The van der Waals surface area contributed by atoms with Crippen LogP contribution in [0.15, 0.2) is 18.2 Å². The molecule has 0 saturated heterocycles. The first-order valence-electron chi connectivity index (χ1n) is 6.00. The van der Waals surface area contributed by atoms with E-state index in [0.717, 1.165) is 6.07 Å². The van der Waals surface area contributed by atoms with Crippen LogP contribution in [0.1, 0.15) is 33.3 Å². The third-order valence-electron chi connectivity index (χ3n) is 2.49. The van der Waals surface area contributed by atoms with Gasteiger partial charge in [-0.05, 0) is 39.8 Å². The van der Waals surface area contributed by atoms with E-state index >= 15 is 0 Å². The number of hydrogen-bond acceptors (Lipinski definition) is 3. The maximum atomic E-state index is 13.9. The standard InChI is InChI=1S/C14H17ClFNO3/c1-13(2,3)20-12(19)17-14(4,8-18)10-6-5-9(15)7-11(10)16/h5-8H,1-4H3,(H,17,19). The number of amides is 1. The van der Waals surface area contributed by atoms with E-state index in [1.807, 2.05) is 0 Å². The van der Waals surface area contributed by atoms with Crippen LogP contribution in [-0.2, 0) is 15.1 Å². The van der Waals surface area contributed by atoms with Gasteiger partial charge >= 0.3 is 6.09 Å². The normalized spacial score (nSPS) is 14.3. The van der Waals surface area contributed by atoms with Crippen molar-refractivity contribution in [3.63, 3.8) is 0 Å². The second-order valence-electron chi connectivity index (χ2n) is 5.57. The monoisotopic (exact) mass is 301 g/mol. The van der Waals surface area contributed by atoms with Crippen LogP contribution >= 0.6 is 11.6 Å². The Labute approximate surface area is 122 Å². The summed E-state index contributed by atoms with van der Waals surface area (Å²) >= 11 is 5.66. The molecule has 20 heavy (non-hydrogen) atoms. The largest absolute Gasteiger partial charge is 0.444 e. The van der Waals surface area contributed by atoms with E-state index in [0.29, 0.717) is 6.29 Å². The Morgan fingerprint density at radius 1 is 1.35 bits per heavy atom. The van der Waals surface area contributed by atoms with E-state index in [1.165, 1.54) is 19.1 Å². The number of nitrogens with one attached hydrogen (secondary N) is 1. The van der Waals surface area contributed by atoms with E-state index in [9.17, 15) is 14.0 Å². The molecule has 0 bridgehead atoms. The molecule has 0 aliphatic heterocycles. The Balaban J connectivity index is 3.03. The smallest absolute Gasteiger partial charge is 0.408 e. The lowest BCUT2D eigenvalue weighted by atomic mass is 9.93. The van der Waals surface area contributed by atoms with Crippen molar-refractivity contribution in [3.8, 4) is 0 Å². The second-order valence-corrected chi connectivity index (χ2v) is 6.01. The number of benzene rings is 1. The molecule has 0 spiro atoms. The van der Waals surface area contributed by atoms with Gasteiger partial charge in [0.2, 0.25) is 0 Å². The van der Waals surface area contributed by atoms with Crippen molar-refractivity contribution in [2.75, 3.05) is 0 Å². The number of aldehydes is 1. The van der Waals surface area contributed by atoms with Crippen molar-refractivity contribution >= 4 is 24.0 Å². The van der Waals surface area contributed by atoms with Crippen molar-refractivity contribution in [1.82, 2.24) is 5.32 Å². The molecule has 0 radical (unpaired) electrons. The Morgan fingerprint density at radius 3 is 2.40 bits per heavy atom. The van der Waals surface area contributed by atoms with Gasteiger partial charge in [-0.1, -0.05) is 17.7 Å². The van der Waals surface area contributed by atoms with Crippen molar-refractivity contribution in [2.24, 2.45) is 0 Å². The molecule has 0 heterocycles. The first-order chi connectivity index (χ1) is 9.07. The Hall–Kier alpha value is -1.62. The van der Waals surface area contributed by atoms with E-state index < -0.39 is 23.1 Å². The quantitative estimate of drug-likeness (QED) is 0.870. The lowest BCUT2D eigenvalue weighted by Gasteiger charge is -2.28. The van der Waals surface area contributed by atoms with Gasteiger partial charge in [0.05, 0.1) is 0 Å². The van der Waals surface area contributed by atoms with Crippen LogP contribution in [0, 0.1) is 5.82 Å². The molecule has 0 aliphatic rings. The summed E-state index contributed by atoms with van der Waals surface area (Å²) in [7, 11) is 0. The molecule has 0 saturated carbocycles. The number of rotatable bonds is 3. The van der Waals surface area contributed by atoms with Crippen LogP contribution in [0.3, 0.4) is 0 Å². The van der Waals surface area contributed by atoms with Gasteiger partial charge in [-0.3, -0.25) is 0 Å². The minimum atomic E-state index is -1.53. The highest BCUT2D eigenvalue weighted by Gasteiger charge is 2.33. The molecule has 1 rings (SSSR count). The van der Waals surface area contributed by atoms with Crippen molar-refractivity contribution in [3.05, 3.63) is 34.6 Å². The Bertz CT molecular complexity index is 528. The predicted molar refractivity (Wildman–Crippen MR) is 74.2 cm³/mol. The van der Waals surface area contributed by atoms with Crippen LogP contribution in [0.4, 0.5) is 9.18 Å². The molecule has 1 atom stereocenters. The van der Waals surface area contributed by atoms with Crippen molar-refractivity contribution < 1.29 is 18.7 Å². The number of ether oxygens (including phenoxy) is 1. The topological polar surface area (TPSA) is 55.4 Å². The predicted octanol–water partition coefficient (Wildman–Crippen LogP) is 3.42. The number of hydrogen-bond donors (Lipinski definition) is 1. The Morgan fingerprint density at radius 2 is 1.95 bits per heavy atom. The molecule has 1 aromatic rings. The summed E-state index contributed by atoms with van der Waals surface area (Å²) in [4.78, 5) is 23.0. The van der Waals surface area contributed by atoms with Crippen molar-refractivity contribution in [1.29, 1.82) is 0 Å². The first-order valence-corrected chi connectivity index (χ1v) is 6.38. The third-order valence-corrected chi connectivity index (χ3v) is 2.72. The maximum Gasteiger partial charge on any atom is 0.408 e. The van der Waals surface area contributed by atoms with Gasteiger partial charge in [0.25, 0.3) is 0 Å². The van der Waals surface area contributed by atoms with Gasteiger partial charge in [-0.2, -0.15) is 0 Å². The molecule has 1 aromatic carbocycles. The molecule has 110 valence electrons. The molecular weight excluding hydrogens is 285 g/mol. The summed E-state index contributed by atoms with van der Waals surface area (Å²) in [6, 6.07) is 3.87. The molecule has 0 aromatic heterocycles. The molecule has 1 amide bonds. The zero-order valence-electron chi connectivity index (χ0n) is 11.8. The lowest BCUT2D eigenvalue weighted by Crippen LogP contribution is -2.47. The first kappa shape index (κ1) is 16.4. The van der Waals surface area contributed by atoms with Gasteiger partial charge in [0.15, 0.2) is 0 Å². The number of halogens is 2. The van der Waals surface area contributed by atoms with Crippen LogP contribution in [0.2, 0.25) is 5.02 Å². The van der Waals surface area contributed by atoms with E-state index in [-0.39, 0.29) is 10.6 Å². The van der Waals surface area contributed by atoms with Crippen LogP contribution in [0.5, 0.6) is 0 Å². The summed E-state index contributed by atoms with van der Waals surface area (Å²) < 4.78 is 18.9. The van der Waals surface area contributed by atoms with Gasteiger partial charge in [-0.25, -0.2) is 9.18 Å². The summed E-state index contributed by atoms with van der Waals surface area (Å²) in [6.07, 6.45) is -0.357. The molecule has 6 heteroatoms. The van der Waals surface area contributed by atoms with E-state index in [4.69, 9.17) is 16.3 Å². The van der Waals surface area contributed by atoms with Gasteiger partial charge in [-0.15, -0.1) is 0 Å². The Kier molecular flexibility index (Phi) is 4.76. The van der Waals surface area contributed by atoms with Crippen LogP contribution in [-0.4, -0.2) is 18.0 Å². The highest BCUT2D eigenvalue weighted by atomic mass is 35.5. The van der Waals surface area contributed by atoms with E-state index in [2.05, 4.69) is 5.32 Å². The molecule has 1 N–H and O–H groups in total. The molecular formula is C14H17ClFNO3. The highest BCUT2D eigenvalue weighted by Crippen LogP contribution is 2.25. The fourth-order valence-electron chi connectivity index (χ4n) is 1.59. The second kappa shape index (κ2) is 5.79. The van der Waals surface area contributed by atoms with Crippen LogP contribution < -0.4 is 5.32 Å². The number of alkyl carbamates (subject to hydrolysis) is 1. The van der Waals surface area contributed by atoms with E-state index in [1.54, 1.807) is 20.8 Å². The number of carbonyl (C=O) groups excluding carboxylic acids is 2. The summed E-state index contributed by atoms with van der Waals surface area (Å²) in [5.74, 6) is -0.678. The highest BCUT2D eigenvalue weighted by molar-refractivity contribution is 6.30. The van der Waals surface area contributed by atoms with Gasteiger partial charge in [0, 0.05) is 10.6 Å². The fourth-order valence-corrected chi connectivity index (χ4v) is 1.75. The minimum absolute atomic E-state index is 0.0164. The van der Waals surface area contributed by atoms with Gasteiger partial charge in [0.1, 0.15) is 23.2 Å². The van der Waals surface area contributed by atoms with Crippen LogP contribution in [0.25, 0.3) is 0 Å². The fraction of sp³-hybridized carbons (Fsp3) is 0.429. The average Bonchev–Trinajstić information content (AvgIpc) is 2.25. The molecule has 4 nitrogen and oxygen atoms in total. The molecule has 0 aliphatic carbocycles. The molecule has 1 unspecified atom stereocenters. The third kappa shape index (κ3) is 4.20. The lowest BCUT2D eigenvalue weighted by molar-refractivity contribution is -0.113. The molecule has 0 fully saturated rings. The summed E-state index contributed by atoms with van der Waals surface area (Å²) in [5.41, 5.74) is -2.23. The summed E-state index contributed by atoms with van der Waals surface area (Å²) in [6.45, 7) is 6.45. The van der Waals surface area contributed by atoms with Crippen molar-refractivity contribution in [2.45, 2.75) is 38.8 Å². The zero-order chi connectivity index (χ0) is 15.6. The summed E-state index contributed by atoms with van der Waals surface area (Å²) in [5, 5.41) is 2.57. The van der Waals surface area contributed by atoms with Gasteiger partial charge < -0.3 is 14.8 Å². The average molecular weight is 302 g/mol. The SMILES string of the molecule is CC(C)(C)OC(=O)NC(C)(C=O)c1ccc(Cl)cc1F.